The Kier molecular flexibility index (Phi) is 4.88. The van der Waals surface area contributed by atoms with E-state index in [0.29, 0.717) is 17.0 Å². The van der Waals surface area contributed by atoms with Crippen LogP contribution in [0.15, 0.2) is 42.6 Å². The summed E-state index contributed by atoms with van der Waals surface area (Å²) in [4.78, 5) is 4.33. The van der Waals surface area contributed by atoms with Crippen molar-refractivity contribution in [1.29, 1.82) is 0 Å². The van der Waals surface area contributed by atoms with Crippen LogP contribution in [0.4, 0.5) is 4.39 Å². The van der Waals surface area contributed by atoms with Gasteiger partial charge in [-0.2, -0.15) is 0 Å². The van der Waals surface area contributed by atoms with E-state index in [1.54, 1.807) is 18.3 Å². The third-order valence-corrected chi connectivity index (χ3v) is 3.32. The minimum absolute atomic E-state index is 0.0411. The molecule has 4 heteroatoms. The van der Waals surface area contributed by atoms with Crippen molar-refractivity contribution in [3.8, 4) is 0 Å². The molecule has 0 aliphatic rings. The Bertz CT molecular complexity index is 511. The van der Waals surface area contributed by atoms with E-state index in [1.165, 1.54) is 6.07 Å². The number of hydrogen-bond donors (Lipinski definition) is 1. The Balaban J connectivity index is 2.27. The maximum absolute atomic E-state index is 13.8. The SMILES string of the molecule is CCNC(Cc1c(F)cccc1Cl)c1ccccn1. The molecule has 2 aromatic rings. The highest BCUT2D eigenvalue weighted by molar-refractivity contribution is 6.31. The van der Waals surface area contributed by atoms with Crippen LogP contribution in [0, 0.1) is 5.82 Å². The maximum Gasteiger partial charge on any atom is 0.127 e. The normalized spacial score (nSPS) is 12.4. The van der Waals surface area contributed by atoms with E-state index in [2.05, 4.69) is 10.3 Å². The summed E-state index contributed by atoms with van der Waals surface area (Å²) in [5.41, 5.74) is 1.42. The Morgan fingerprint density at radius 1 is 1.26 bits per heavy atom. The average molecular weight is 279 g/mol. The molecule has 1 heterocycles. The summed E-state index contributed by atoms with van der Waals surface area (Å²) in [7, 11) is 0. The van der Waals surface area contributed by atoms with Crippen LogP contribution in [0.5, 0.6) is 0 Å². The van der Waals surface area contributed by atoms with E-state index in [0.717, 1.165) is 12.2 Å². The van der Waals surface area contributed by atoms with Crippen LogP contribution < -0.4 is 5.32 Å². The molecule has 0 saturated carbocycles. The molecule has 100 valence electrons. The van der Waals surface area contributed by atoms with Crippen LogP contribution in [0.25, 0.3) is 0 Å². The van der Waals surface area contributed by atoms with Gasteiger partial charge in [-0.3, -0.25) is 4.98 Å². The molecule has 1 aromatic heterocycles. The number of aromatic nitrogens is 1. The molecular formula is C15H16ClFN2. The first-order valence-electron chi connectivity index (χ1n) is 6.29. The zero-order valence-corrected chi connectivity index (χ0v) is 11.5. The van der Waals surface area contributed by atoms with Crippen molar-refractivity contribution in [3.05, 3.63) is 64.7 Å². The number of halogens is 2. The summed E-state index contributed by atoms with van der Waals surface area (Å²) in [5, 5.41) is 3.77. The number of likely N-dealkylation sites (N-methyl/N-ethyl adjacent to an activating group) is 1. The quantitative estimate of drug-likeness (QED) is 0.901. The number of nitrogens with one attached hydrogen (secondary N) is 1. The lowest BCUT2D eigenvalue weighted by atomic mass is 10.0. The van der Waals surface area contributed by atoms with Crippen LogP contribution in [-0.2, 0) is 6.42 Å². The van der Waals surface area contributed by atoms with Gasteiger partial charge in [0.15, 0.2) is 0 Å². The van der Waals surface area contributed by atoms with Gasteiger partial charge in [0.05, 0.1) is 11.7 Å². The fraction of sp³-hybridized carbons (Fsp3) is 0.267. The summed E-state index contributed by atoms with van der Waals surface area (Å²) < 4.78 is 13.8. The molecule has 0 bridgehead atoms. The Morgan fingerprint density at radius 3 is 2.74 bits per heavy atom. The molecule has 1 unspecified atom stereocenters. The second kappa shape index (κ2) is 6.64. The first-order chi connectivity index (χ1) is 9.22. The summed E-state index contributed by atoms with van der Waals surface area (Å²) in [5.74, 6) is -0.272. The molecule has 0 aliphatic carbocycles. The second-order valence-electron chi connectivity index (χ2n) is 4.27. The van der Waals surface area contributed by atoms with Gasteiger partial charge in [-0.15, -0.1) is 0 Å². The van der Waals surface area contributed by atoms with Gasteiger partial charge in [-0.25, -0.2) is 4.39 Å². The van der Waals surface area contributed by atoms with Crippen molar-refractivity contribution in [2.75, 3.05) is 6.54 Å². The van der Waals surface area contributed by atoms with Crippen LogP contribution in [0.1, 0.15) is 24.2 Å². The highest BCUT2D eigenvalue weighted by Gasteiger charge is 2.16. The van der Waals surface area contributed by atoms with Crippen molar-refractivity contribution in [3.63, 3.8) is 0 Å². The third-order valence-electron chi connectivity index (χ3n) is 2.97. The van der Waals surface area contributed by atoms with Crippen molar-refractivity contribution < 1.29 is 4.39 Å². The van der Waals surface area contributed by atoms with Gasteiger partial charge in [0.25, 0.3) is 0 Å². The minimum atomic E-state index is -0.272. The molecular weight excluding hydrogens is 263 g/mol. The summed E-state index contributed by atoms with van der Waals surface area (Å²) >= 11 is 6.07. The lowest BCUT2D eigenvalue weighted by Crippen LogP contribution is -2.24. The second-order valence-corrected chi connectivity index (χ2v) is 4.68. The zero-order valence-electron chi connectivity index (χ0n) is 10.7. The molecule has 1 aromatic carbocycles. The number of rotatable bonds is 5. The molecule has 0 amide bonds. The number of pyridine rings is 1. The lowest BCUT2D eigenvalue weighted by Gasteiger charge is -2.18. The van der Waals surface area contributed by atoms with Crippen molar-refractivity contribution >= 4 is 11.6 Å². The topological polar surface area (TPSA) is 24.9 Å². The monoisotopic (exact) mass is 278 g/mol. The van der Waals surface area contributed by atoms with Crippen molar-refractivity contribution in [2.45, 2.75) is 19.4 Å². The summed E-state index contributed by atoms with van der Waals surface area (Å²) in [6, 6.07) is 10.4. The highest BCUT2D eigenvalue weighted by Crippen LogP contribution is 2.24. The molecule has 0 fully saturated rings. The summed E-state index contributed by atoms with van der Waals surface area (Å²) in [6.07, 6.45) is 2.22. The average Bonchev–Trinajstić information content (AvgIpc) is 2.43. The van der Waals surface area contributed by atoms with Gasteiger partial charge in [-0.05, 0) is 37.2 Å². The van der Waals surface area contributed by atoms with Gasteiger partial charge in [-0.1, -0.05) is 30.7 Å². The largest absolute Gasteiger partial charge is 0.309 e. The fourth-order valence-electron chi connectivity index (χ4n) is 2.04. The molecule has 0 aliphatic heterocycles. The third kappa shape index (κ3) is 3.52. The first-order valence-corrected chi connectivity index (χ1v) is 6.67. The van der Waals surface area contributed by atoms with E-state index < -0.39 is 0 Å². The minimum Gasteiger partial charge on any atom is -0.309 e. The van der Waals surface area contributed by atoms with Crippen LogP contribution in [-0.4, -0.2) is 11.5 Å². The predicted molar refractivity (Wildman–Crippen MR) is 75.8 cm³/mol. The Labute approximate surface area is 117 Å². The zero-order chi connectivity index (χ0) is 13.7. The number of nitrogens with zero attached hydrogens (tertiary/aromatic N) is 1. The van der Waals surface area contributed by atoms with Crippen LogP contribution >= 0.6 is 11.6 Å². The predicted octanol–water partition coefficient (Wildman–Crippen LogP) is 3.77. The molecule has 0 spiro atoms. The van der Waals surface area contributed by atoms with Gasteiger partial charge >= 0.3 is 0 Å². The van der Waals surface area contributed by atoms with Gasteiger partial charge < -0.3 is 5.32 Å². The molecule has 1 N–H and O–H groups in total. The standard InChI is InChI=1S/C15H16ClFN2/c1-2-18-15(14-8-3-4-9-19-14)10-11-12(16)6-5-7-13(11)17/h3-9,15,18H,2,10H2,1H3. The molecule has 0 radical (unpaired) electrons. The van der Waals surface area contributed by atoms with Crippen LogP contribution in [0.2, 0.25) is 5.02 Å². The number of hydrogen-bond acceptors (Lipinski definition) is 2. The van der Waals surface area contributed by atoms with Crippen LogP contribution in [0.3, 0.4) is 0 Å². The molecule has 19 heavy (non-hydrogen) atoms. The van der Waals surface area contributed by atoms with Gasteiger partial charge in [0.1, 0.15) is 5.82 Å². The molecule has 2 rings (SSSR count). The molecule has 0 saturated heterocycles. The smallest absolute Gasteiger partial charge is 0.127 e. The Hall–Kier alpha value is -1.45. The highest BCUT2D eigenvalue weighted by atomic mass is 35.5. The van der Waals surface area contributed by atoms with Gasteiger partial charge in [0, 0.05) is 16.8 Å². The van der Waals surface area contributed by atoms with E-state index in [1.807, 2.05) is 25.1 Å². The van der Waals surface area contributed by atoms with Crippen molar-refractivity contribution in [2.24, 2.45) is 0 Å². The van der Waals surface area contributed by atoms with E-state index >= 15 is 0 Å². The van der Waals surface area contributed by atoms with Gasteiger partial charge in [0.2, 0.25) is 0 Å². The lowest BCUT2D eigenvalue weighted by molar-refractivity contribution is 0.518. The van der Waals surface area contributed by atoms with Crippen molar-refractivity contribution in [1.82, 2.24) is 10.3 Å². The fourth-order valence-corrected chi connectivity index (χ4v) is 2.28. The first kappa shape index (κ1) is 14.0. The van der Waals surface area contributed by atoms with E-state index in [-0.39, 0.29) is 11.9 Å². The molecule has 2 nitrogen and oxygen atoms in total. The Morgan fingerprint density at radius 2 is 2.11 bits per heavy atom. The number of benzene rings is 1. The molecule has 1 atom stereocenters. The van der Waals surface area contributed by atoms with E-state index in [4.69, 9.17) is 11.6 Å². The summed E-state index contributed by atoms with van der Waals surface area (Å²) in [6.45, 7) is 2.80. The maximum atomic E-state index is 13.8. The van der Waals surface area contributed by atoms with E-state index in [9.17, 15) is 4.39 Å².